The van der Waals surface area contributed by atoms with Gasteiger partial charge in [-0.1, -0.05) is 286 Å². The van der Waals surface area contributed by atoms with E-state index >= 15 is 0 Å². The van der Waals surface area contributed by atoms with Crippen molar-refractivity contribution in [2.24, 2.45) is 17.8 Å². The van der Waals surface area contributed by atoms with E-state index in [1.54, 1.807) is 0 Å². The van der Waals surface area contributed by atoms with Crippen molar-refractivity contribution in [1.82, 2.24) is 0 Å². The topological polar surface area (TPSA) is 237 Å². The summed E-state index contributed by atoms with van der Waals surface area (Å²) in [5.74, 6) is -0.00880. The van der Waals surface area contributed by atoms with Crippen LogP contribution in [0.1, 0.15) is 337 Å². The van der Waals surface area contributed by atoms with Gasteiger partial charge in [-0.3, -0.25) is 37.3 Å². The number of rotatable bonds is 66. The summed E-state index contributed by atoms with van der Waals surface area (Å²) < 4.78 is 68.1. The highest BCUT2D eigenvalue weighted by atomic mass is 31.2. The van der Waals surface area contributed by atoms with Crippen molar-refractivity contribution < 1.29 is 80.2 Å². The first-order valence-electron chi connectivity index (χ1n) is 35.3. The van der Waals surface area contributed by atoms with Gasteiger partial charge in [0.2, 0.25) is 0 Å². The number of phosphoric ester groups is 2. The Hall–Kier alpha value is -1.94. The standard InChI is InChI=1S/C68H132O17P2/c1-8-9-10-11-12-13-14-15-16-17-18-19-20-28-37-44-51-67(72)84-63(55-78-65(70)49-42-35-27-23-21-25-32-39-46-59(2)3)57-82-86(74,75)80-53-62(69)54-81-87(76,77)83-58-64(56-79-66(71)50-43-36-31-30-34-41-48-61(6)7)85-68(73)52-45-38-29-24-22-26-33-40-47-60(4)5/h59-64,69H,8-58H2,1-7H3,(H,74,75)(H,76,77)/t62-,63-,64-/m1/s1. The number of carbonyl (C=O) groups excluding carboxylic acids is 4. The van der Waals surface area contributed by atoms with Gasteiger partial charge in [0.15, 0.2) is 12.2 Å². The highest BCUT2D eigenvalue weighted by Crippen LogP contribution is 2.45. The lowest BCUT2D eigenvalue weighted by molar-refractivity contribution is -0.161. The number of hydrogen-bond acceptors (Lipinski definition) is 15. The molecule has 17 nitrogen and oxygen atoms in total. The van der Waals surface area contributed by atoms with Crippen LogP contribution in [-0.2, 0) is 65.4 Å². The van der Waals surface area contributed by atoms with Crippen molar-refractivity contribution in [2.45, 2.75) is 356 Å². The van der Waals surface area contributed by atoms with E-state index in [2.05, 4.69) is 48.5 Å². The minimum absolute atomic E-state index is 0.103. The lowest BCUT2D eigenvalue weighted by Gasteiger charge is -2.21. The Morgan fingerprint density at radius 2 is 0.529 bits per heavy atom. The summed E-state index contributed by atoms with van der Waals surface area (Å²) in [6.45, 7) is 11.7. The average Bonchev–Trinajstić information content (AvgIpc) is 3.68. The van der Waals surface area contributed by atoms with Gasteiger partial charge in [-0.2, -0.15) is 0 Å². The third-order valence-electron chi connectivity index (χ3n) is 15.6. The fraction of sp³-hybridized carbons (Fsp3) is 0.941. The van der Waals surface area contributed by atoms with Gasteiger partial charge < -0.3 is 33.8 Å². The Kier molecular flexibility index (Phi) is 57.8. The van der Waals surface area contributed by atoms with Crippen LogP contribution in [0.4, 0.5) is 0 Å². The molecule has 19 heteroatoms. The Morgan fingerprint density at radius 3 is 0.782 bits per heavy atom. The van der Waals surface area contributed by atoms with Gasteiger partial charge in [-0.25, -0.2) is 9.13 Å². The van der Waals surface area contributed by atoms with Gasteiger partial charge in [0.05, 0.1) is 26.4 Å². The second-order valence-corrected chi connectivity index (χ2v) is 28.9. The predicted octanol–water partition coefficient (Wildman–Crippen LogP) is 19.1. The molecule has 0 radical (unpaired) electrons. The smallest absolute Gasteiger partial charge is 0.462 e. The number of ether oxygens (including phenoxy) is 4. The molecule has 0 spiro atoms. The molecule has 0 heterocycles. The van der Waals surface area contributed by atoms with Crippen LogP contribution in [-0.4, -0.2) is 96.7 Å². The largest absolute Gasteiger partial charge is 0.472 e. The molecule has 0 aromatic carbocycles. The number of phosphoric acid groups is 2. The van der Waals surface area contributed by atoms with Crippen LogP contribution in [0, 0.1) is 17.8 Å². The van der Waals surface area contributed by atoms with Crippen molar-refractivity contribution >= 4 is 39.5 Å². The molecule has 0 saturated carbocycles. The Bertz CT molecular complexity index is 1720. The first-order chi connectivity index (χ1) is 41.7. The molecule has 0 fully saturated rings. The van der Waals surface area contributed by atoms with Crippen LogP contribution < -0.4 is 0 Å². The van der Waals surface area contributed by atoms with Crippen molar-refractivity contribution in [3.05, 3.63) is 0 Å². The van der Waals surface area contributed by atoms with Gasteiger partial charge in [0.25, 0.3) is 0 Å². The first-order valence-corrected chi connectivity index (χ1v) is 38.3. The van der Waals surface area contributed by atoms with Crippen LogP contribution in [0.25, 0.3) is 0 Å². The molecule has 0 aromatic rings. The van der Waals surface area contributed by atoms with Gasteiger partial charge in [0, 0.05) is 25.7 Å². The third-order valence-corrected chi connectivity index (χ3v) is 17.5. The number of aliphatic hydroxyl groups excluding tert-OH is 1. The number of unbranched alkanes of at least 4 members (excludes halogenated alkanes) is 34. The quantitative estimate of drug-likeness (QED) is 0.0222. The van der Waals surface area contributed by atoms with Gasteiger partial charge in [-0.15, -0.1) is 0 Å². The minimum Gasteiger partial charge on any atom is -0.462 e. The lowest BCUT2D eigenvalue weighted by Crippen LogP contribution is -2.30. The number of esters is 4. The zero-order valence-electron chi connectivity index (χ0n) is 56.5. The zero-order valence-corrected chi connectivity index (χ0v) is 58.3. The van der Waals surface area contributed by atoms with E-state index in [0.29, 0.717) is 31.6 Å². The Labute approximate surface area is 530 Å². The highest BCUT2D eigenvalue weighted by Gasteiger charge is 2.30. The molecular weight excluding hydrogens is 1150 g/mol. The maximum Gasteiger partial charge on any atom is 0.472 e. The molecule has 0 bridgehead atoms. The van der Waals surface area contributed by atoms with Crippen molar-refractivity contribution in [2.75, 3.05) is 39.6 Å². The maximum absolute atomic E-state index is 13.0. The van der Waals surface area contributed by atoms with Crippen molar-refractivity contribution in [3.8, 4) is 0 Å². The second-order valence-electron chi connectivity index (χ2n) is 26.0. The molecule has 0 amide bonds. The molecule has 0 aliphatic rings. The van der Waals surface area contributed by atoms with Gasteiger partial charge in [-0.05, 0) is 43.4 Å². The number of carbonyl (C=O) groups is 4. The summed E-state index contributed by atoms with van der Waals surface area (Å²) in [4.78, 5) is 72.4. The second kappa shape index (κ2) is 59.1. The molecule has 0 aromatic heterocycles. The Morgan fingerprint density at radius 1 is 0.310 bits per heavy atom. The molecule has 0 saturated heterocycles. The molecule has 0 aliphatic carbocycles. The fourth-order valence-corrected chi connectivity index (χ4v) is 11.8. The molecule has 2 unspecified atom stereocenters. The molecule has 516 valence electrons. The molecule has 3 N–H and O–H groups in total. The van der Waals surface area contributed by atoms with Crippen molar-refractivity contribution in [1.29, 1.82) is 0 Å². The molecule has 87 heavy (non-hydrogen) atoms. The number of hydrogen-bond donors (Lipinski definition) is 3. The predicted molar refractivity (Wildman–Crippen MR) is 349 cm³/mol. The molecule has 5 atom stereocenters. The van der Waals surface area contributed by atoms with E-state index < -0.39 is 97.5 Å². The summed E-state index contributed by atoms with van der Waals surface area (Å²) in [6, 6.07) is 0. The van der Waals surface area contributed by atoms with Crippen LogP contribution in [0.15, 0.2) is 0 Å². The third kappa shape index (κ3) is 62.6. The molecule has 0 aliphatic heterocycles. The Balaban J connectivity index is 5.23. The van der Waals surface area contributed by atoms with Crippen LogP contribution >= 0.6 is 15.6 Å². The van der Waals surface area contributed by atoms with Crippen LogP contribution in [0.3, 0.4) is 0 Å². The zero-order chi connectivity index (χ0) is 64.5. The lowest BCUT2D eigenvalue weighted by atomic mass is 10.0. The highest BCUT2D eigenvalue weighted by molar-refractivity contribution is 7.47. The summed E-state index contributed by atoms with van der Waals surface area (Å²) in [5.41, 5.74) is 0. The van der Waals surface area contributed by atoms with Gasteiger partial charge >= 0.3 is 39.5 Å². The molecule has 0 rings (SSSR count). The SMILES string of the molecule is CCCCCCCCCCCCCCCCCCC(=O)O[C@H](COC(=O)CCCCCCCCCCC(C)C)COP(=O)(O)OC[C@@H](O)COP(=O)(O)OC[C@@H](COC(=O)CCCCCCCCC(C)C)OC(=O)CCCCCCCCCCC(C)C. The van der Waals surface area contributed by atoms with Crippen LogP contribution in [0.5, 0.6) is 0 Å². The fourth-order valence-electron chi connectivity index (χ4n) is 10.2. The van der Waals surface area contributed by atoms with E-state index in [1.165, 1.54) is 141 Å². The van der Waals surface area contributed by atoms with Gasteiger partial charge in [0.1, 0.15) is 19.3 Å². The average molecular weight is 1280 g/mol. The van der Waals surface area contributed by atoms with E-state index in [-0.39, 0.29) is 25.7 Å². The summed E-state index contributed by atoms with van der Waals surface area (Å²) in [6.07, 6.45) is 41.9. The normalized spacial score (nSPS) is 14.3. The van der Waals surface area contributed by atoms with E-state index in [0.717, 1.165) is 108 Å². The van der Waals surface area contributed by atoms with E-state index in [9.17, 15) is 43.2 Å². The van der Waals surface area contributed by atoms with Crippen molar-refractivity contribution in [3.63, 3.8) is 0 Å². The van der Waals surface area contributed by atoms with E-state index in [4.69, 9.17) is 37.0 Å². The molecular formula is C68H132O17P2. The first kappa shape index (κ1) is 85.1. The number of aliphatic hydroxyl groups is 1. The summed E-state index contributed by atoms with van der Waals surface area (Å²) in [5, 5.41) is 10.6. The summed E-state index contributed by atoms with van der Waals surface area (Å²) in [7, 11) is -9.90. The summed E-state index contributed by atoms with van der Waals surface area (Å²) >= 11 is 0. The maximum atomic E-state index is 13.0. The van der Waals surface area contributed by atoms with Crippen LogP contribution in [0.2, 0.25) is 0 Å². The monoisotopic (exact) mass is 1280 g/mol. The minimum atomic E-state index is -4.95. The van der Waals surface area contributed by atoms with E-state index in [1.807, 2.05) is 0 Å².